The summed E-state index contributed by atoms with van der Waals surface area (Å²) in [5.74, 6) is 0.848. The molecule has 0 atom stereocenters. The van der Waals surface area contributed by atoms with E-state index in [1.54, 1.807) is 12.1 Å². The molecule has 1 aliphatic rings. The smallest absolute Gasteiger partial charge is 0.246 e. The van der Waals surface area contributed by atoms with Crippen molar-refractivity contribution in [2.24, 2.45) is 5.73 Å². The minimum absolute atomic E-state index is 0.254. The van der Waals surface area contributed by atoms with Crippen molar-refractivity contribution >= 4 is 0 Å². The van der Waals surface area contributed by atoms with E-state index in [1.807, 2.05) is 13.8 Å². The van der Waals surface area contributed by atoms with E-state index >= 15 is 0 Å². The van der Waals surface area contributed by atoms with E-state index in [4.69, 9.17) is 10.3 Å². The van der Waals surface area contributed by atoms with Crippen molar-refractivity contribution in [1.82, 2.24) is 10.1 Å². The number of rotatable bonds is 3. The highest BCUT2D eigenvalue weighted by molar-refractivity contribution is 5.30. The van der Waals surface area contributed by atoms with Crippen molar-refractivity contribution in [3.8, 4) is 0 Å². The van der Waals surface area contributed by atoms with Crippen LogP contribution in [0, 0.1) is 5.82 Å². The van der Waals surface area contributed by atoms with Crippen LogP contribution in [0.1, 0.15) is 56.8 Å². The molecule has 2 aromatic rings. The maximum Gasteiger partial charge on any atom is 0.246 e. The van der Waals surface area contributed by atoms with Crippen LogP contribution in [0.3, 0.4) is 0 Å². The second-order valence-electron chi connectivity index (χ2n) is 6.42. The van der Waals surface area contributed by atoms with Crippen molar-refractivity contribution in [1.29, 1.82) is 0 Å². The topological polar surface area (TPSA) is 64.9 Å². The molecule has 0 amide bonds. The van der Waals surface area contributed by atoms with E-state index in [9.17, 15) is 4.39 Å². The molecule has 1 aliphatic carbocycles. The molecule has 1 saturated carbocycles. The molecule has 0 spiro atoms. The average Bonchev–Trinajstić information content (AvgIpc) is 3.09. The molecule has 4 nitrogen and oxygen atoms in total. The minimum atomic E-state index is -0.482. The molecule has 3 rings (SSSR count). The Morgan fingerprint density at radius 1 is 1.19 bits per heavy atom. The molecule has 2 N–H and O–H groups in total. The molecular formula is C16H20FN3O. The molecule has 0 saturated heterocycles. The molecular weight excluding hydrogens is 269 g/mol. The molecule has 112 valence electrons. The first-order valence-corrected chi connectivity index (χ1v) is 7.31. The molecule has 0 unspecified atom stereocenters. The van der Waals surface area contributed by atoms with Gasteiger partial charge in [0.2, 0.25) is 5.89 Å². The number of nitrogens with two attached hydrogens (primary N) is 1. The van der Waals surface area contributed by atoms with Crippen molar-refractivity contribution in [3.63, 3.8) is 0 Å². The number of hydrogen-bond donors (Lipinski definition) is 1. The summed E-state index contributed by atoms with van der Waals surface area (Å²) < 4.78 is 18.5. The first-order valence-electron chi connectivity index (χ1n) is 7.31. The summed E-state index contributed by atoms with van der Waals surface area (Å²) in [7, 11) is 0. The summed E-state index contributed by atoms with van der Waals surface area (Å²) >= 11 is 0. The first kappa shape index (κ1) is 14.2. The molecule has 1 heterocycles. The first-order chi connectivity index (χ1) is 9.92. The molecule has 21 heavy (non-hydrogen) atoms. The van der Waals surface area contributed by atoms with Gasteiger partial charge in [0.1, 0.15) is 5.82 Å². The highest BCUT2D eigenvalue weighted by atomic mass is 19.1. The number of nitrogens with zero attached hydrogens (tertiary/aromatic N) is 2. The van der Waals surface area contributed by atoms with E-state index in [0.717, 1.165) is 31.2 Å². The van der Waals surface area contributed by atoms with E-state index in [1.165, 1.54) is 12.1 Å². The Hall–Kier alpha value is -1.75. The van der Waals surface area contributed by atoms with Crippen molar-refractivity contribution in [3.05, 3.63) is 47.4 Å². The van der Waals surface area contributed by atoms with Crippen molar-refractivity contribution < 1.29 is 8.91 Å². The molecule has 0 aliphatic heterocycles. The van der Waals surface area contributed by atoms with Gasteiger partial charge in [0.25, 0.3) is 0 Å². The van der Waals surface area contributed by atoms with E-state index in [-0.39, 0.29) is 5.82 Å². The summed E-state index contributed by atoms with van der Waals surface area (Å²) in [6.07, 6.45) is 3.95. The summed E-state index contributed by atoms with van der Waals surface area (Å²) in [5.41, 5.74) is 6.35. The van der Waals surface area contributed by atoms with Crippen LogP contribution >= 0.6 is 0 Å². The van der Waals surface area contributed by atoms with Gasteiger partial charge in [-0.25, -0.2) is 4.39 Å². The number of halogens is 1. The molecule has 1 aromatic heterocycles. The quantitative estimate of drug-likeness (QED) is 0.942. The van der Waals surface area contributed by atoms with Crippen LogP contribution in [0.25, 0.3) is 0 Å². The van der Waals surface area contributed by atoms with Crippen LogP contribution in [-0.4, -0.2) is 10.1 Å². The molecule has 5 heteroatoms. The third-order valence-electron chi connectivity index (χ3n) is 4.47. The Kier molecular flexibility index (Phi) is 3.32. The summed E-state index contributed by atoms with van der Waals surface area (Å²) in [5, 5.41) is 4.12. The van der Waals surface area contributed by atoms with Crippen molar-refractivity contribution in [2.45, 2.75) is 50.5 Å². The van der Waals surface area contributed by atoms with E-state index in [2.05, 4.69) is 10.1 Å². The Bertz CT molecular complexity index is 627. The number of aromatic nitrogens is 2. The maximum atomic E-state index is 13.1. The van der Waals surface area contributed by atoms with Gasteiger partial charge in [0.05, 0.1) is 11.0 Å². The van der Waals surface area contributed by atoms with Gasteiger partial charge >= 0.3 is 0 Å². The summed E-state index contributed by atoms with van der Waals surface area (Å²) in [6.45, 7) is 3.99. The highest BCUT2D eigenvalue weighted by Crippen LogP contribution is 2.37. The Balaban J connectivity index is 1.93. The fourth-order valence-corrected chi connectivity index (χ4v) is 2.89. The van der Waals surface area contributed by atoms with Gasteiger partial charge in [-0.05, 0) is 44.4 Å². The predicted octanol–water partition coefficient (Wildman–Crippen LogP) is 3.26. The lowest BCUT2D eigenvalue weighted by Gasteiger charge is -2.21. The fourth-order valence-electron chi connectivity index (χ4n) is 2.89. The van der Waals surface area contributed by atoms with Crippen LogP contribution in [0.15, 0.2) is 28.8 Å². The van der Waals surface area contributed by atoms with Crippen LogP contribution < -0.4 is 5.73 Å². The van der Waals surface area contributed by atoms with Gasteiger partial charge < -0.3 is 10.3 Å². The lowest BCUT2D eigenvalue weighted by Crippen LogP contribution is -2.33. The normalized spacial score (nSPS) is 18.1. The zero-order chi connectivity index (χ0) is 15.1. The average molecular weight is 289 g/mol. The lowest BCUT2D eigenvalue weighted by atomic mass is 9.84. The zero-order valence-corrected chi connectivity index (χ0v) is 12.4. The number of hydrogen-bond acceptors (Lipinski definition) is 4. The van der Waals surface area contributed by atoms with Gasteiger partial charge in [-0.1, -0.05) is 30.1 Å². The maximum absolute atomic E-state index is 13.1. The van der Waals surface area contributed by atoms with E-state index < -0.39 is 11.0 Å². The van der Waals surface area contributed by atoms with Gasteiger partial charge in [-0.3, -0.25) is 0 Å². The molecule has 1 aromatic carbocycles. The van der Waals surface area contributed by atoms with Crippen molar-refractivity contribution in [2.75, 3.05) is 0 Å². The Morgan fingerprint density at radius 3 is 2.43 bits per heavy atom. The van der Waals surface area contributed by atoms with Gasteiger partial charge in [-0.2, -0.15) is 4.98 Å². The Labute approximate surface area is 123 Å². The second-order valence-corrected chi connectivity index (χ2v) is 6.42. The SMILES string of the molecule is CC(C)(c1ccc(F)cc1)c1noc(C2(N)CCCC2)n1. The summed E-state index contributed by atoms with van der Waals surface area (Å²) in [4.78, 5) is 4.54. The predicted molar refractivity (Wildman–Crippen MR) is 77.2 cm³/mol. The Morgan fingerprint density at radius 2 is 1.81 bits per heavy atom. The third kappa shape index (κ3) is 2.46. The molecule has 0 bridgehead atoms. The largest absolute Gasteiger partial charge is 0.337 e. The van der Waals surface area contributed by atoms with Gasteiger partial charge in [0.15, 0.2) is 5.82 Å². The second kappa shape index (κ2) is 4.91. The fraction of sp³-hybridized carbons (Fsp3) is 0.500. The monoisotopic (exact) mass is 289 g/mol. The van der Waals surface area contributed by atoms with Crippen LogP contribution in [0.5, 0.6) is 0 Å². The molecule has 0 radical (unpaired) electrons. The minimum Gasteiger partial charge on any atom is -0.337 e. The third-order valence-corrected chi connectivity index (χ3v) is 4.47. The zero-order valence-electron chi connectivity index (χ0n) is 12.4. The van der Waals surface area contributed by atoms with E-state index in [0.29, 0.717) is 11.7 Å². The van der Waals surface area contributed by atoms with Crippen LogP contribution in [0.2, 0.25) is 0 Å². The standard InChI is InChI=1S/C16H20FN3O/c1-15(2,11-5-7-12(17)8-6-11)13-19-14(21-20-13)16(18)9-3-4-10-16/h5-8H,3-4,9-10,18H2,1-2H3. The van der Waals surface area contributed by atoms with Gasteiger partial charge in [-0.15, -0.1) is 0 Å². The van der Waals surface area contributed by atoms with Gasteiger partial charge in [0, 0.05) is 0 Å². The lowest BCUT2D eigenvalue weighted by molar-refractivity contribution is 0.282. The number of benzene rings is 1. The highest BCUT2D eigenvalue weighted by Gasteiger charge is 2.39. The van der Waals surface area contributed by atoms with Crippen LogP contribution in [0.4, 0.5) is 4.39 Å². The summed E-state index contributed by atoms with van der Waals surface area (Å²) in [6, 6.07) is 6.39. The van der Waals surface area contributed by atoms with Crippen LogP contribution in [-0.2, 0) is 11.0 Å². The molecule has 1 fully saturated rings.